The molecule has 1 aliphatic heterocycles. The van der Waals surface area contributed by atoms with Crippen LogP contribution in [0.5, 0.6) is 0 Å². The zero-order chi connectivity index (χ0) is 9.90. The highest BCUT2D eigenvalue weighted by atomic mass is 16.5. The average molecular weight is 185 g/mol. The van der Waals surface area contributed by atoms with Crippen LogP contribution in [-0.4, -0.2) is 45.0 Å². The Morgan fingerprint density at radius 1 is 1.54 bits per heavy atom. The molecule has 76 valence electrons. The third-order valence-electron chi connectivity index (χ3n) is 2.74. The van der Waals surface area contributed by atoms with Gasteiger partial charge < -0.3 is 9.47 Å². The molecule has 0 N–H and O–H groups in total. The minimum atomic E-state index is -0.258. The third-order valence-corrected chi connectivity index (χ3v) is 2.74. The van der Waals surface area contributed by atoms with E-state index in [0.717, 1.165) is 13.0 Å². The Balaban J connectivity index is 2.74. The molecule has 3 heteroatoms. The van der Waals surface area contributed by atoms with Gasteiger partial charge in [-0.2, -0.15) is 0 Å². The van der Waals surface area contributed by atoms with Crippen LogP contribution in [0.1, 0.15) is 13.3 Å². The van der Waals surface area contributed by atoms with Gasteiger partial charge in [-0.1, -0.05) is 0 Å². The number of hydrogen-bond donors (Lipinski definition) is 0. The first-order chi connectivity index (χ1) is 6.12. The minimum Gasteiger partial charge on any atom is -0.380 e. The van der Waals surface area contributed by atoms with E-state index in [1.165, 1.54) is 5.57 Å². The van der Waals surface area contributed by atoms with Gasteiger partial charge >= 0.3 is 0 Å². The van der Waals surface area contributed by atoms with E-state index in [0.29, 0.717) is 6.61 Å². The monoisotopic (exact) mass is 185 g/mol. The van der Waals surface area contributed by atoms with E-state index in [-0.39, 0.29) is 5.72 Å². The minimum absolute atomic E-state index is 0.258. The van der Waals surface area contributed by atoms with Gasteiger partial charge in [-0.25, -0.2) is 0 Å². The van der Waals surface area contributed by atoms with Crippen LogP contribution in [-0.2, 0) is 9.47 Å². The number of rotatable bonds is 3. The smallest absolute Gasteiger partial charge is 0.137 e. The van der Waals surface area contributed by atoms with Crippen LogP contribution in [0.3, 0.4) is 0 Å². The Hall–Kier alpha value is -0.380. The highest BCUT2D eigenvalue weighted by Crippen LogP contribution is 2.24. The van der Waals surface area contributed by atoms with Crippen molar-refractivity contribution < 1.29 is 9.47 Å². The molecular weight excluding hydrogens is 166 g/mol. The van der Waals surface area contributed by atoms with Crippen molar-refractivity contribution in [1.29, 1.82) is 0 Å². The summed E-state index contributed by atoms with van der Waals surface area (Å²) >= 11 is 0. The van der Waals surface area contributed by atoms with E-state index in [2.05, 4.69) is 24.9 Å². The van der Waals surface area contributed by atoms with Gasteiger partial charge in [0.25, 0.3) is 0 Å². The Labute approximate surface area is 80.3 Å². The van der Waals surface area contributed by atoms with Crippen LogP contribution in [0, 0.1) is 0 Å². The Bertz CT molecular complexity index is 203. The molecule has 13 heavy (non-hydrogen) atoms. The molecule has 0 aromatic heterocycles. The topological polar surface area (TPSA) is 21.7 Å². The standard InChI is InChI=1S/C10H19NO2/c1-10(13-4)7-9(8-12-3)5-6-11(10)2/h7H,5-6,8H2,1-4H3. The van der Waals surface area contributed by atoms with Crippen LogP contribution in [0.2, 0.25) is 0 Å². The molecule has 0 radical (unpaired) electrons. The average Bonchev–Trinajstić information content (AvgIpc) is 2.12. The normalized spacial score (nSPS) is 30.3. The predicted octanol–water partition coefficient (Wildman–Crippen LogP) is 1.26. The first kappa shape index (κ1) is 10.7. The molecule has 1 heterocycles. The zero-order valence-corrected chi connectivity index (χ0v) is 8.96. The summed E-state index contributed by atoms with van der Waals surface area (Å²) in [6.07, 6.45) is 3.23. The third kappa shape index (κ3) is 2.30. The van der Waals surface area contributed by atoms with Gasteiger partial charge in [0.1, 0.15) is 5.72 Å². The summed E-state index contributed by atoms with van der Waals surface area (Å²) in [6, 6.07) is 0. The van der Waals surface area contributed by atoms with Crippen molar-refractivity contribution in [1.82, 2.24) is 4.90 Å². The number of methoxy groups -OCH3 is 2. The number of nitrogens with zero attached hydrogens (tertiary/aromatic N) is 1. The second-order valence-corrected chi connectivity index (χ2v) is 3.67. The molecule has 3 nitrogen and oxygen atoms in total. The molecule has 0 saturated carbocycles. The fraction of sp³-hybridized carbons (Fsp3) is 0.800. The van der Waals surface area contributed by atoms with Gasteiger partial charge in [0, 0.05) is 20.8 Å². The molecule has 1 rings (SSSR count). The SMILES string of the molecule is COCC1=CC(C)(OC)N(C)CC1. The molecule has 0 bridgehead atoms. The van der Waals surface area contributed by atoms with Crippen molar-refractivity contribution in [2.75, 3.05) is 34.4 Å². The van der Waals surface area contributed by atoms with Gasteiger partial charge in [-0.15, -0.1) is 0 Å². The molecule has 1 unspecified atom stereocenters. The molecule has 0 spiro atoms. The van der Waals surface area contributed by atoms with Crippen LogP contribution < -0.4 is 0 Å². The van der Waals surface area contributed by atoms with E-state index in [4.69, 9.17) is 9.47 Å². The molecular formula is C10H19NO2. The molecule has 0 aromatic rings. The second kappa shape index (κ2) is 4.22. The first-order valence-electron chi connectivity index (χ1n) is 4.58. The largest absolute Gasteiger partial charge is 0.380 e. The maximum absolute atomic E-state index is 5.46. The Morgan fingerprint density at radius 3 is 2.77 bits per heavy atom. The second-order valence-electron chi connectivity index (χ2n) is 3.67. The maximum Gasteiger partial charge on any atom is 0.137 e. The molecule has 0 aromatic carbocycles. The highest BCUT2D eigenvalue weighted by molar-refractivity contribution is 5.14. The number of hydrogen-bond acceptors (Lipinski definition) is 3. The fourth-order valence-electron chi connectivity index (χ4n) is 1.61. The fourth-order valence-corrected chi connectivity index (χ4v) is 1.61. The van der Waals surface area contributed by atoms with Crippen LogP contribution >= 0.6 is 0 Å². The zero-order valence-electron chi connectivity index (χ0n) is 8.96. The number of ether oxygens (including phenoxy) is 2. The molecule has 1 atom stereocenters. The van der Waals surface area contributed by atoms with Crippen LogP contribution in [0.25, 0.3) is 0 Å². The summed E-state index contributed by atoms with van der Waals surface area (Å²) in [6.45, 7) is 3.81. The van der Waals surface area contributed by atoms with E-state index < -0.39 is 0 Å². The van der Waals surface area contributed by atoms with Gasteiger partial charge in [-0.05, 0) is 32.0 Å². The van der Waals surface area contributed by atoms with E-state index >= 15 is 0 Å². The van der Waals surface area contributed by atoms with E-state index in [9.17, 15) is 0 Å². The summed E-state index contributed by atoms with van der Waals surface area (Å²) < 4.78 is 10.6. The molecule has 0 aliphatic carbocycles. The van der Waals surface area contributed by atoms with Gasteiger partial charge in [0.15, 0.2) is 0 Å². The molecule has 0 fully saturated rings. The van der Waals surface area contributed by atoms with Gasteiger partial charge in [0.2, 0.25) is 0 Å². The first-order valence-corrected chi connectivity index (χ1v) is 4.58. The molecule has 0 amide bonds. The lowest BCUT2D eigenvalue weighted by Crippen LogP contribution is -2.47. The van der Waals surface area contributed by atoms with E-state index in [1.807, 2.05) is 0 Å². The highest BCUT2D eigenvalue weighted by Gasteiger charge is 2.30. The van der Waals surface area contributed by atoms with Gasteiger partial charge in [0.05, 0.1) is 6.61 Å². The lowest BCUT2D eigenvalue weighted by atomic mass is 10.0. The predicted molar refractivity (Wildman–Crippen MR) is 52.6 cm³/mol. The number of likely N-dealkylation sites (N-methyl/N-ethyl adjacent to an activating group) is 1. The van der Waals surface area contributed by atoms with Crippen molar-refractivity contribution >= 4 is 0 Å². The van der Waals surface area contributed by atoms with Gasteiger partial charge in [-0.3, -0.25) is 4.90 Å². The van der Waals surface area contributed by atoms with Crippen molar-refractivity contribution in [3.63, 3.8) is 0 Å². The van der Waals surface area contributed by atoms with Crippen molar-refractivity contribution in [3.8, 4) is 0 Å². The van der Waals surface area contributed by atoms with Crippen LogP contribution in [0.4, 0.5) is 0 Å². The van der Waals surface area contributed by atoms with Crippen molar-refractivity contribution in [2.45, 2.75) is 19.1 Å². The molecule has 0 saturated heterocycles. The summed E-state index contributed by atoms with van der Waals surface area (Å²) in [7, 11) is 5.54. The maximum atomic E-state index is 5.46. The Morgan fingerprint density at radius 2 is 2.23 bits per heavy atom. The quantitative estimate of drug-likeness (QED) is 0.618. The summed E-state index contributed by atoms with van der Waals surface area (Å²) in [5, 5.41) is 0. The molecule has 1 aliphatic rings. The van der Waals surface area contributed by atoms with Crippen molar-refractivity contribution in [3.05, 3.63) is 11.6 Å². The summed E-state index contributed by atoms with van der Waals surface area (Å²) in [5.41, 5.74) is 1.07. The van der Waals surface area contributed by atoms with Crippen molar-refractivity contribution in [2.24, 2.45) is 0 Å². The van der Waals surface area contributed by atoms with Crippen LogP contribution in [0.15, 0.2) is 11.6 Å². The lowest BCUT2D eigenvalue weighted by molar-refractivity contribution is -0.0782. The summed E-state index contributed by atoms with van der Waals surface area (Å²) in [5.74, 6) is 0. The summed E-state index contributed by atoms with van der Waals surface area (Å²) in [4.78, 5) is 2.20. The Kier molecular flexibility index (Phi) is 3.47. The van der Waals surface area contributed by atoms with E-state index in [1.54, 1.807) is 14.2 Å². The lowest BCUT2D eigenvalue weighted by Gasteiger charge is -2.39.